The summed E-state index contributed by atoms with van der Waals surface area (Å²) >= 11 is 0. The number of hydrogen-bond acceptors (Lipinski definition) is 5. The predicted molar refractivity (Wildman–Crippen MR) is 117 cm³/mol. The number of hydrogen-bond donors (Lipinski definition) is 2. The fourth-order valence-electron chi connectivity index (χ4n) is 3.92. The molecule has 7 nitrogen and oxygen atoms in total. The third kappa shape index (κ3) is 5.29. The monoisotopic (exact) mass is 412 g/mol. The Morgan fingerprint density at radius 3 is 2.43 bits per heavy atom. The molecule has 2 heterocycles. The molecular weight excluding hydrogens is 380 g/mol. The van der Waals surface area contributed by atoms with E-state index in [4.69, 9.17) is 4.74 Å². The van der Waals surface area contributed by atoms with Gasteiger partial charge >= 0.3 is 12.0 Å². The lowest BCUT2D eigenvalue weighted by Crippen LogP contribution is -2.51. The Morgan fingerprint density at radius 1 is 1.17 bits per heavy atom. The number of nitrogens with zero attached hydrogens (tertiary/aromatic N) is 2. The Balaban J connectivity index is 1.87. The fourth-order valence-corrected chi connectivity index (χ4v) is 3.92. The summed E-state index contributed by atoms with van der Waals surface area (Å²) in [5.74, 6) is -0.394. The maximum Gasteiger partial charge on any atom is 0.338 e. The van der Waals surface area contributed by atoms with Gasteiger partial charge in [0.2, 0.25) is 0 Å². The predicted octanol–water partition coefficient (Wildman–Crippen LogP) is 2.22. The van der Waals surface area contributed by atoms with Crippen LogP contribution in [0.25, 0.3) is 0 Å². The first-order valence-electron chi connectivity index (χ1n) is 10.7. The summed E-state index contributed by atoms with van der Waals surface area (Å²) in [7, 11) is 0. The van der Waals surface area contributed by atoms with E-state index in [1.54, 1.807) is 6.92 Å². The van der Waals surface area contributed by atoms with E-state index in [1.807, 2.05) is 30.3 Å². The van der Waals surface area contributed by atoms with Crippen LogP contribution in [0.2, 0.25) is 0 Å². The molecule has 1 fully saturated rings. The Kier molecular flexibility index (Phi) is 7.65. The Hall–Kier alpha value is -2.64. The van der Waals surface area contributed by atoms with E-state index >= 15 is 0 Å². The van der Waals surface area contributed by atoms with Crippen molar-refractivity contribution in [2.45, 2.75) is 26.3 Å². The van der Waals surface area contributed by atoms with Crippen molar-refractivity contribution in [3.63, 3.8) is 0 Å². The minimum atomic E-state index is -0.527. The zero-order valence-electron chi connectivity index (χ0n) is 17.9. The molecule has 0 aromatic heterocycles. The highest BCUT2D eigenvalue weighted by Crippen LogP contribution is 2.28. The molecule has 7 heteroatoms. The molecule has 0 aliphatic carbocycles. The van der Waals surface area contributed by atoms with Crippen LogP contribution in [-0.4, -0.2) is 67.7 Å². The molecule has 2 aliphatic heterocycles. The van der Waals surface area contributed by atoms with Gasteiger partial charge in [-0.2, -0.15) is 0 Å². The first-order valence-corrected chi connectivity index (χ1v) is 10.7. The molecule has 1 unspecified atom stereocenters. The second kappa shape index (κ2) is 10.4. The van der Waals surface area contributed by atoms with Gasteiger partial charge in [-0.15, -0.1) is 6.58 Å². The highest BCUT2D eigenvalue weighted by atomic mass is 16.5. The van der Waals surface area contributed by atoms with Gasteiger partial charge < -0.3 is 15.4 Å². The molecule has 162 valence electrons. The van der Waals surface area contributed by atoms with Gasteiger partial charge in [0.25, 0.3) is 0 Å². The SMILES string of the molecule is C=CCN1CCN(CC2=C(C(=O)OCC)C(c3ccc(CC)cc3)NC(=O)N2)CC1. The highest BCUT2D eigenvalue weighted by Gasteiger charge is 2.34. The van der Waals surface area contributed by atoms with E-state index < -0.39 is 12.0 Å². The van der Waals surface area contributed by atoms with Crippen LogP contribution in [0.4, 0.5) is 4.79 Å². The smallest absolute Gasteiger partial charge is 0.338 e. The number of carbonyl (C=O) groups excluding carboxylic acids is 2. The number of esters is 1. The Labute approximate surface area is 178 Å². The third-order valence-corrected chi connectivity index (χ3v) is 5.60. The second-order valence-corrected chi connectivity index (χ2v) is 7.60. The average molecular weight is 413 g/mol. The van der Waals surface area contributed by atoms with Crippen molar-refractivity contribution >= 4 is 12.0 Å². The summed E-state index contributed by atoms with van der Waals surface area (Å²) in [4.78, 5) is 29.9. The lowest BCUT2D eigenvalue weighted by Gasteiger charge is -2.36. The summed E-state index contributed by atoms with van der Waals surface area (Å²) in [5, 5.41) is 5.77. The Bertz CT molecular complexity index is 795. The Morgan fingerprint density at radius 2 is 1.83 bits per heavy atom. The maximum absolute atomic E-state index is 12.9. The van der Waals surface area contributed by atoms with Gasteiger partial charge in [-0.1, -0.05) is 37.3 Å². The minimum Gasteiger partial charge on any atom is -0.463 e. The summed E-state index contributed by atoms with van der Waals surface area (Å²) in [6.45, 7) is 13.0. The topological polar surface area (TPSA) is 73.9 Å². The number of benzene rings is 1. The van der Waals surface area contributed by atoms with Gasteiger partial charge in [-0.25, -0.2) is 9.59 Å². The number of urea groups is 1. The van der Waals surface area contributed by atoms with E-state index in [9.17, 15) is 9.59 Å². The third-order valence-electron chi connectivity index (χ3n) is 5.60. The van der Waals surface area contributed by atoms with E-state index in [2.05, 4.69) is 33.9 Å². The zero-order chi connectivity index (χ0) is 21.5. The van der Waals surface area contributed by atoms with Crippen LogP contribution in [0.5, 0.6) is 0 Å². The molecule has 1 atom stereocenters. The summed E-state index contributed by atoms with van der Waals surface area (Å²) in [5.41, 5.74) is 3.19. The fraction of sp³-hybridized carbons (Fsp3) is 0.478. The lowest BCUT2D eigenvalue weighted by molar-refractivity contribution is -0.139. The first kappa shape index (κ1) is 22.1. The van der Waals surface area contributed by atoms with Crippen molar-refractivity contribution in [1.29, 1.82) is 0 Å². The highest BCUT2D eigenvalue weighted by molar-refractivity contribution is 5.95. The number of rotatable bonds is 8. The van der Waals surface area contributed by atoms with Crippen LogP contribution >= 0.6 is 0 Å². The number of carbonyl (C=O) groups is 2. The van der Waals surface area contributed by atoms with Crippen molar-refractivity contribution in [3.8, 4) is 0 Å². The second-order valence-electron chi connectivity index (χ2n) is 7.60. The molecule has 3 rings (SSSR count). The lowest BCUT2D eigenvalue weighted by atomic mass is 9.94. The summed E-state index contributed by atoms with van der Waals surface area (Å²) in [6, 6.07) is 7.18. The molecule has 30 heavy (non-hydrogen) atoms. The quantitative estimate of drug-likeness (QED) is 0.506. The molecule has 0 radical (unpaired) electrons. The van der Waals surface area contributed by atoms with Crippen molar-refractivity contribution < 1.29 is 14.3 Å². The van der Waals surface area contributed by atoms with E-state index in [0.29, 0.717) is 17.8 Å². The van der Waals surface area contributed by atoms with Crippen LogP contribution in [0.3, 0.4) is 0 Å². The molecule has 1 aromatic carbocycles. The molecular formula is C23H32N4O3. The zero-order valence-corrected chi connectivity index (χ0v) is 17.9. The molecule has 2 N–H and O–H groups in total. The number of piperazine rings is 1. The van der Waals surface area contributed by atoms with E-state index in [-0.39, 0.29) is 12.6 Å². The number of nitrogens with one attached hydrogen (secondary N) is 2. The van der Waals surface area contributed by atoms with E-state index in [0.717, 1.165) is 44.7 Å². The van der Waals surface area contributed by atoms with Gasteiger partial charge in [0.15, 0.2) is 0 Å². The van der Waals surface area contributed by atoms with Crippen LogP contribution in [0.15, 0.2) is 48.2 Å². The molecule has 1 aromatic rings. The largest absolute Gasteiger partial charge is 0.463 e. The molecule has 0 bridgehead atoms. The van der Waals surface area contributed by atoms with Gasteiger partial charge in [0, 0.05) is 45.0 Å². The van der Waals surface area contributed by atoms with Crippen molar-refractivity contribution in [1.82, 2.24) is 20.4 Å². The van der Waals surface area contributed by atoms with Crippen molar-refractivity contribution in [3.05, 3.63) is 59.3 Å². The molecule has 0 saturated carbocycles. The molecule has 2 amide bonds. The van der Waals surface area contributed by atoms with Gasteiger partial charge in [-0.05, 0) is 24.5 Å². The van der Waals surface area contributed by atoms with Crippen LogP contribution in [-0.2, 0) is 16.0 Å². The van der Waals surface area contributed by atoms with Crippen molar-refractivity contribution in [2.75, 3.05) is 45.9 Å². The molecule has 1 saturated heterocycles. The average Bonchev–Trinajstić information content (AvgIpc) is 2.75. The molecule has 2 aliphatic rings. The first-order chi connectivity index (χ1) is 14.5. The standard InChI is InChI=1S/C23H32N4O3/c1-4-11-26-12-14-27(15-13-26)16-19-20(22(28)30-6-3)21(25-23(29)24-19)18-9-7-17(5-2)8-10-18/h4,7-10,21H,1,5-6,11-16H2,2-3H3,(H2,24,25,29). The van der Waals surface area contributed by atoms with Crippen molar-refractivity contribution in [2.24, 2.45) is 0 Å². The van der Waals surface area contributed by atoms with E-state index in [1.165, 1.54) is 5.56 Å². The number of amides is 2. The van der Waals surface area contributed by atoms with Crippen LogP contribution in [0, 0.1) is 0 Å². The number of aryl methyl sites for hydroxylation is 1. The van der Waals surface area contributed by atoms with Gasteiger partial charge in [-0.3, -0.25) is 9.80 Å². The maximum atomic E-state index is 12.9. The summed E-state index contributed by atoms with van der Waals surface area (Å²) < 4.78 is 5.36. The summed E-state index contributed by atoms with van der Waals surface area (Å²) in [6.07, 6.45) is 2.85. The molecule has 0 spiro atoms. The van der Waals surface area contributed by atoms with Crippen LogP contribution < -0.4 is 10.6 Å². The van der Waals surface area contributed by atoms with Gasteiger partial charge in [0.05, 0.1) is 18.2 Å². The normalized spacial score (nSPS) is 20.5. The van der Waals surface area contributed by atoms with Gasteiger partial charge in [0.1, 0.15) is 0 Å². The van der Waals surface area contributed by atoms with Crippen LogP contribution in [0.1, 0.15) is 31.0 Å². The number of ether oxygens (including phenoxy) is 1. The minimum absolute atomic E-state index is 0.283.